The molecule has 2 atom stereocenters. The standard InChI is InChI=1S/C34H38ClF3N6O5/c35-21-4-9-24(25(15-21)19-2-1-3-20(14-19)30(46)41-22-5-7-23(45)8-6-22)29(34(36,37)38)49-28-16-27(42-32(39)43-28)44-12-10-33(11-13-44)17-26(31(47)48)40-18-33/h1-4,9,14-16,22-23,26,29,40,45H,5-8,10-13,17-18H2,(H,41,46)(H,47,48)(H2,39,42,43)/t22?,23?,26-,29+/m0/s1. The van der Waals surface area contributed by atoms with Gasteiger partial charge >= 0.3 is 12.1 Å². The maximum absolute atomic E-state index is 14.8. The first-order valence-corrected chi connectivity index (χ1v) is 16.6. The fourth-order valence-electron chi connectivity index (χ4n) is 7.09. The normalized spacial score (nSPS) is 22.9. The molecule has 49 heavy (non-hydrogen) atoms. The lowest BCUT2D eigenvalue weighted by molar-refractivity contribution is -0.198. The molecule has 0 unspecified atom stereocenters. The second-order valence-electron chi connectivity index (χ2n) is 13.2. The van der Waals surface area contributed by atoms with E-state index in [2.05, 4.69) is 20.6 Å². The van der Waals surface area contributed by atoms with Gasteiger partial charge in [0.05, 0.1) is 6.10 Å². The monoisotopic (exact) mass is 702 g/mol. The fourth-order valence-corrected chi connectivity index (χ4v) is 7.26. The van der Waals surface area contributed by atoms with Gasteiger partial charge in [0.2, 0.25) is 17.9 Å². The maximum atomic E-state index is 14.8. The second kappa shape index (κ2) is 14.0. The summed E-state index contributed by atoms with van der Waals surface area (Å²) in [5.74, 6) is -1.58. The number of carboxylic acid groups (broad SMARTS) is 1. The highest BCUT2D eigenvalue weighted by Crippen LogP contribution is 2.43. The molecule has 11 nitrogen and oxygen atoms in total. The number of aromatic nitrogens is 2. The van der Waals surface area contributed by atoms with E-state index in [4.69, 9.17) is 22.1 Å². The zero-order valence-electron chi connectivity index (χ0n) is 26.5. The van der Waals surface area contributed by atoms with Gasteiger partial charge in [-0.15, -0.1) is 0 Å². The minimum Gasteiger partial charge on any atom is -0.480 e. The predicted octanol–water partition coefficient (Wildman–Crippen LogP) is 5.13. The van der Waals surface area contributed by atoms with Crippen LogP contribution in [0.25, 0.3) is 11.1 Å². The summed E-state index contributed by atoms with van der Waals surface area (Å²) in [4.78, 5) is 34.7. The molecule has 3 aromatic rings. The molecule has 1 spiro atoms. The average Bonchev–Trinajstić information content (AvgIpc) is 3.48. The summed E-state index contributed by atoms with van der Waals surface area (Å²) in [5, 5.41) is 25.4. The maximum Gasteiger partial charge on any atom is 0.429 e. The number of carbonyl (C=O) groups excluding carboxylic acids is 1. The van der Waals surface area contributed by atoms with Crippen LogP contribution in [0.15, 0.2) is 48.5 Å². The third-order valence-corrected chi connectivity index (χ3v) is 10.0. The van der Waals surface area contributed by atoms with E-state index in [-0.39, 0.29) is 57.0 Å². The van der Waals surface area contributed by atoms with Crippen LogP contribution in [0.2, 0.25) is 5.02 Å². The molecule has 2 saturated heterocycles. The Morgan fingerprint density at radius 1 is 1.08 bits per heavy atom. The largest absolute Gasteiger partial charge is 0.480 e. The summed E-state index contributed by atoms with van der Waals surface area (Å²) in [7, 11) is 0. The quantitative estimate of drug-likeness (QED) is 0.213. The molecule has 1 saturated carbocycles. The molecule has 6 rings (SSSR count). The topological polar surface area (TPSA) is 163 Å². The van der Waals surface area contributed by atoms with Crippen molar-refractivity contribution in [3.8, 4) is 17.0 Å². The molecular formula is C34H38ClF3N6O5. The Morgan fingerprint density at radius 2 is 1.82 bits per heavy atom. The first-order valence-electron chi connectivity index (χ1n) is 16.3. The zero-order chi connectivity index (χ0) is 34.9. The molecule has 0 bridgehead atoms. The Hall–Kier alpha value is -4.14. The number of nitrogens with one attached hydrogen (secondary N) is 2. The first-order chi connectivity index (χ1) is 23.3. The lowest BCUT2D eigenvalue weighted by atomic mass is 9.76. The van der Waals surface area contributed by atoms with E-state index in [1.165, 1.54) is 30.3 Å². The van der Waals surface area contributed by atoms with Crippen LogP contribution in [0.1, 0.15) is 67.0 Å². The molecule has 3 aliphatic rings. The molecule has 6 N–H and O–H groups in total. The summed E-state index contributed by atoms with van der Waals surface area (Å²) in [6.07, 6.45) is -3.47. The number of benzene rings is 2. The Morgan fingerprint density at radius 3 is 2.49 bits per heavy atom. The lowest BCUT2D eigenvalue weighted by Crippen LogP contribution is -2.41. The number of aliphatic carboxylic acids is 1. The van der Waals surface area contributed by atoms with Crippen molar-refractivity contribution in [3.63, 3.8) is 0 Å². The minimum atomic E-state index is -4.89. The number of nitrogens with zero attached hydrogens (tertiary/aromatic N) is 3. The van der Waals surface area contributed by atoms with E-state index in [0.29, 0.717) is 76.0 Å². The van der Waals surface area contributed by atoms with Crippen molar-refractivity contribution in [2.45, 2.75) is 75.4 Å². The van der Waals surface area contributed by atoms with E-state index >= 15 is 0 Å². The molecule has 2 aromatic carbocycles. The summed E-state index contributed by atoms with van der Waals surface area (Å²) in [6.45, 7) is 1.58. The van der Waals surface area contributed by atoms with E-state index in [0.717, 1.165) is 0 Å². The van der Waals surface area contributed by atoms with Crippen LogP contribution in [0.5, 0.6) is 5.88 Å². The van der Waals surface area contributed by atoms with Gasteiger partial charge in [0.25, 0.3) is 5.91 Å². The third kappa shape index (κ3) is 8.03. The van der Waals surface area contributed by atoms with E-state index in [1.807, 2.05) is 4.90 Å². The number of alkyl halides is 3. The number of aliphatic hydroxyl groups excluding tert-OH is 1. The van der Waals surface area contributed by atoms with Gasteiger partial charge in [-0.05, 0) is 85.8 Å². The smallest absolute Gasteiger partial charge is 0.429 e. The van der Waals surface area contributed by atoms with E-state index in [1.54, 1.807) is 18.2 Å². The van der Waals surface area contributed by atoms with Crippen molar-refractivity contribution >= 4 is 35.2 Å². The Balaban J connectivity index is 1.24. The summed E-state index contributed by atoms with van der Waals surface area (Å²) in [5.41, 5.74) is 6.27. The minimum absolute atomic E-state index is 0.107. The summed E-state index contributed by atoms with van der Waals surface area (Å²) < 4.78 is 50.1. The first kappa shape index (κ1) is 34.7. The highest BCUT2D eigenvalue weighted by Gasteiger charge is 2.46. The fraction of sp³-hybridized carbons (Fsp3) is 0.471. The highest BCUT2D eigenvalue weighted by molar-refractivity contribution is 6.30. The van der Waals surface area contributed by atoms with Crippen LogP contribution in [-0.2, 0) is 4.79 Å². The van der Waals surface area contributed by atoms with Crippen molar-refractivity contribution in [2.24, 2.45) is 5.41 Å². The van der Waals surface area contributed by atoms with E-state index < -0.39 is 24.3 Å². The molecule has 1 amide bonds. The summed E-state index contributed by atoms with van der Waals surface area (Å²) in [6, 6.07) is 10.9. The number of amides is 1. The molecule has 1 aromatic heterocycles. The number of piperidine rings is 1. The third-order valence-electron chi connectivity index (χ3n) is 9.81. The number of rotatable bonds is 8. The SMILES string of the molecule is Nc1nc(O[C@H](c2ccc(Cl)cc2-c2cccc(C(=O)NC3CCC(O)CC3)c2)C(F)(F)F)cc(N2CCC3(CC2)CN[C@H](C(=O)O)C3)n1. The number of nitrogens with two attached hydrogens (primary N) is 1. The van der Waals surface area contributed by atoms with Gasteiger partial charge < -0.3 is 36.2 Å². The summed E-state index contributed by atoms with van der Waals surface area (Å²) >= 11 is 6.29. The number of hydrogen-bond acceptors (Lipinski definition) is 9. The van der Waals surface area contributed by atoms with E-state index in [9.17, 15) is 33.0 Å². The van der Waals surface area contributed by atoms with Gasteiger partial charge in [-0.3, -0.25) is 9.59 Å². The van der Waals surface area contributed by atoms with Crippen molar-refractivity contribution in [1.82, 2.24) is 20.6 Å². The Bertz CT molecular complexity index is 1690. The predicted molar refractivity (Wildman–Crippen MR) is 176 cm³/mol. The number of ether oxygens (including phenoxy) is 1. The van der Waals surface area contributed by atoms with Crippen LogP contribution in [0, 0.1) is 5.41 Å². The Kier molecular flexibility index (Phi) is 9.92. The van der Waals surface area contributed by atoms with Crippen LogP contribution >= 0.6 is 11.6 Å². The van der Waals surface area contributed by atoms with Crippen molar-refractivity contribution in [2.75, 3.05) is 30.3 Å². The molecule has 2 aliphatic heterocycles. The molecule has 3 heterocycles. The molecule has 262 valence electrons. The van der Waals surface area contributed by atoms with Gasteiger partial charge in [0.1, 0.15) is 11.9 Å². The zero-order valence-corrected chi connectivity index (χ0v) is 27.3. The number of nitrogen functional groups attached to an aromatic ring is 1. The van der Waals surface area contributed by atoms with Crippen LogP contribution in [-0.4, -0.2) is 76.1 Å². The van der Waals surface area contributed by atoms with Crippen molar-refractivity contribution < 1.29 is 37.7 Å². The number of anilines is 2. The van der Waals surface area contributed by atoms with Crippen LogP contribution < -0.4 is 26.0 Å². The van der Waals surface area contributed by atoms with Gasteiger partial charge in [-0.1, -0.05) is 29.8 Å². The molecule has 3 fully saturated rings. The second-order valence-corrected chi connectivity index (χ2v) is 13.7. The van der Waals surface area contributed by atoms with Crippen molar-refractivity contribution in [1.29, 1.82) is 0 Å². The molecule has 0 radical (unpaired) electrons. The van der Waals surface area contributed by atoms with Crippen LogP contribution in [0.4, 0.5) is 24.9 Å². The molecule has 1 aliphatic carbocycles. The number of carboxylic acids is 1. The number of aliphatic hydroxyl groups is 1. The average molecular weight is 703 g/mol. The lowest BCUT2D eigenvalue weighted by Gasteiger charge is -2.39. The highest BCUT2D eigenvalue weighted by atomic mass is 35.5. The van der Waals surface area contributed by atoms with Gasteiger partial charge in [0.15, 0.2) is 0 Å². The van der Waals surface area contributed by atoms with Gasteiger partial charge in [0, 0.05) is 47.9 Å². The van der Waals surface area contributed by atoms with Gasteiger partial charge in [-0.25, -0.2) is 0 Å². The number of carbonyl (C=O) groups is 2. The number of hydrogen-bond donors (Lipinski definition) is 5. The van der Waals surface area contributed by atoms with Crippen LogP contribution in [0.3, 0.4) is 0 Å². The van der Waals surface area contributed by atoms with Gasteiger partial charge in [-0.2, -0.15) is 23.1 Å². The number of halogens is 4. The van der Waals surface area contributed by atoms with Crippen molar-refractivity contribution in [3.05, 3.63) is 64.7 Å². The molecular weight excluding hydrogens is 665 g/mol. The molecule has 15 heteroatoms. The Labute approximate surface area is 286 Å².